The van der Waals surface area contributed by atoms with E-state index in [0.29, 0.717) is 31.5 Å². The minimum Gasteiger partial charge on any atom is -0.341 e. The van der Waals surface area contributed by atoms with Gasteiger partial charge in [-0.25, -0.2) is 4.39 Å². The maximum atomic E-state index is 13.6. The first-order chi connectivity index (χ1) is 11.1. The summed E-state index contributed by atoms with van der Waals surface area (Å²) in [7, 11) is 0. The predicted molar refractivity (Wildman–Crippen MR) is 84.4 cm³/mol. The van der Waals surface area contributed by atoms with Crippen LogP contribution < -0.4 is 0 Å². The van der Waals surface area contributed by atoms with Gasteiger partial charge in [-0.2, -0.15) is 0 Å². The highest BCUT2D eigenvalue weighted by atomic mass is 32.2. The molecule has 0 radical (unpaired) electrons. The molecule has 3 rings (SSSR count). The van der Waals surface area contributed by atoms with Crippen LogP contribution >= 0.6 is 11.8 Å². The number of hydrogen-bond donors (Lipinski definition) is 0. The van der Waals surface area contributed by atoms with Crippen LogP contribution in [-0.4, -0.2) is 51.7 Å². The number of imide groups is 1. The Labute approximate surface area is 137 Å². The summed E-state index contributed by atoms with van der Waals surface area (Å²) in [6.07, 6.45) is 1.19. The quantitative estimate of drug-likeness (QED) is 0.844. The van der Waals surface area contributed by atoms with Crippen molar-refractivity contribution in [3.63, 3.8) is 0 Å². The van der Waals surface area contributed by atoms with E-state index in [1.807, 2.05) is 0 Å². The summed E-state index contributed by atoms with van der Waals surface area (Å²) in [5.41, 5.74) is 0.526. The average Bonchev–Trinajstić information content (AvgIpc) is 3.13. The molecule has 23 heavy (non-hydrogen) atoms. The molecule has 0 saturated carbocycles. The fourth-order valence-corrected chi connectivity index (χ4v) is 3.77. The Balaban J connectivity index is 1.54. The zero-order chi connectivity index (χ0) is 16.4. The molecule has 0 bridgehead atoms. The zero-order valence-corrected chi connectivity index (χ0v) is 13.4. The second-order valence-corrected chi connectivity index (χ2v) is 6.62. The van der Waals surface area contributed by atoms with Gasteiger partial charge in [0.2, 0.25) is 11.8 Å². The van der Waals surface area contributed by atoms with Crippen LogP contribution in [0.25, 0.3) is 0 Å². The van der Waals surface area contributed by atoms with Gasteiger partial charge in [-0.15, -0.1) is 0 Å². The van der Waals surface area contributed by atoms with E-state index in [9.17, 15) is 18.8 Å². The molecule has 2 aliphatic heterocycles. The number of carbonyl (C=O) groups is 3. The molecule has 2 fully saturated rings. The first kappa shape index (κ1) is 16.0. The lowest BCUT2D eigenvalue weighted by atomic mass is 10.1. The summed E-state index contributed by atoms with van der Waals surface area (Å²) in [5, 5.41) is -0.222. The molecule has 7 heteroatoms. The van der Waals surface area contributed by atoms with Gasteiger partial charge >= 0.3 is 0 Å². The molecule has 122 valence electrons. The lowest BCUT2D eigenvalue weighted by Gasteiger charge is -2.22. The van der Waals surface area contributed by atoms with Crippen LogP contribution in [0.3, 0.4) is 0 Å². The Morgan fingerprint density at radius 2 is 2.09 bits per heavy atom. The first-order valence-electron chi connectivity index (χ1n) is 7.56. The molecule has 0 aromatic heterocycles. The molecule has 0 spiro atoms. The standard InChI is InChI=1S/C16H17FN2O3S/c17-13-4-2-1-3-11(13)5-6-14(20)18-8-7-12(9-18)19-15(21)10-23-16(19)22/h1-4,12H,5-10H2. The third-order valence-corrected chi connectivity index (χ3v) is 5.07. The second kappa shape index (κ2) is 6.70. The van der Waals surface area contributed by atoms with Crippen molar-refractivity contribution in [3.8, 4) is 0 Å². The maximum Gasteiger partial charge on any atom is 0.289 e. The topological polar surface area (TPSA) is 57.7 Å². The number of amides is 3. The van der Waals surface area contributed by atoms with Crippen LogP contribution in [0, 0.1) is 5.82 Å². The second-order valence-electron chi connectivity index (χ2n) is 5.69. The van der Waals surface area contributed by atoms with Crippen LogP contribution in [0.15, 0.2) is 24.3 Å². The van der Waals surface area contributed by atoms with Gasteiger partial charge in [0.15, 0.2) is 0 Å². The molecule has 5 nitrogen and oxygen atoms in total. The van der Waals surface area contributed by atoms with Gasteiger partial charge in [0.1, 0.15) is 5.82 Å². The third-order valence-electron chi connectivity index (χ3n) is 4.23. The Bertz CT molecular complexity index is 636. The van der Waals surface area contributed by atoms with Gasteiger partial charge in [-0.05, 0) is 24.5 Å². The Morgan fingerprint density at radius 1 is 1.30 bits per heavy atom. The number of benzene rings is 1. The van der Waals surface area contributed by atoms with Crippen LogP contribution in [0.4, 0.5) is 9.18 Å². The summed E-state index contributed by atoms with van der Waals surface area (Å²) in [4.78, 5) is 38.7. The highest BCUT2D eigenvalue weighted by Gasteiger charge is 2.40. The van der Waals surface area contributed by atoms with Crippen molar-refractivity contribution in [3.05, 3.63) is 35.6 Å². The summed E-state index contributed by atoms with van der Waals surface area (Å²) < 4.78 is 13.6. The fraction of sp³-hybridized carbons (Fsp3) is 0.438. The van der Waals surface area contributed by atoms with E-state index < -0.39 is 0 Å². The largest absolute Gasteiger partial charge is 0.341 e. The molecular formula is C16H17FN2O3S. The maximum absolute atomic E-state index is 13.6. The van der Waals surface area contributed by atoms with E-state index in [2.05, 4.69) is 0 Å². The number of carbonyl (C=O) groups excluding carboxylic acids is 3. The number of nitrogens with zero attached hydrogens (tertiary/aromatic N) is 2. The van der Waals surface area contributed by atoms with Crippen molar-refractivity contribution in [1.29, 1.82) is 0 Å². The van der Waals surface area contributed by atoms with E-state index >= 15 is 0 Å². The van der Waals surface area contributed by atoms with Crippen molar-refractivity contribution in [1.82, 2.24) is 9.80 Å². The number of thioether (sulfide) groups is 1. The van der Waals surface area contributed by atoms with Gasteiger partial charge in [0.05, 0.1) is 11.8 Å². The fourth-order valence-electron chi connectivity index (χ4n) is 3.00. The molecule has 1 aromatic rings. The average molecular weight is 336 g/mol. The van der Waals surface area contributed by atoms with Gasteiger partial charge in [-0.3, -0.25) is 19.3 Å². The number of likely N-dealkylation sites (tertiary alicyclic amines) is 1. The van der Waals surface area contributed by atoms with Gasteiger partial charge in [-0.1, -0.05) is 30.0 Å². The summed E-state index contributed by atoms with van der Waals surface area (Å²) >= 11 is 1.01. The van der Waals surface area contributed by atoms with Crippen molar-refractivity contribution < 1.29 is 18.8 Å². The van der Waals surface area contributed by atoms with Crippen molar-refractivity contribution in [2.75, 3.05) is 18.8 Å². The van der Waals surface area contributed by atoms with Crippen molar-refractivity contribution in [2.24, 2.45) is 0 Å². The van der Waals surface area contributed by atoms with E-state index in [4.69, 9.17) is 0 Å². The Morgan fingerprint density at radius 3 is 2.78 bits per heavy atom. The monoisotopic (exact) mass is 336 g/mol. The number of halogens is 1. The van der Waals surface area contributed by atoms with Crippen LogP contribution in [0.1, 0.15) is 18.4 Å². The minimum atomic E-state index is -0.301. The number of aryl methyl sites for hydroxylation is 1. The third kappa shape index (κ3) is 3.39. The first-order valence-corrected chi connectivity index (χ1v) is 8.55. The SMILES string of the molecule is O=C(CCc1ccccc1F)N1CCC(N2C(=O)CSC2=O)C1. The van der Waals surface area contributed by atoms with E-state index in [0.717, 1.165) is 11.8 Å². The van der Waals surface area contributed by atoms with Crippen LogP contribution in [-0.2, 0) is 16.0 Å². The Hall–Kier alpha value is -1.89. The normalized spacial score (nSPS) is 21.3. The zero-order valence-electron chi connectivity index (χ0n) is 12.5. The predicted octanol–water partition coefficient (Wildman–Crippen LogP) is 2.05. The number of hydrogen-bond acceptors (Lipinski definition) is 4. The summed E-state index contributed by atoms with van der Waals surface area (Å²) in [6, 6.07) is 6.20. The molecule has 3 amide bonds. The molecule has 2 saturated heterocycles. The minimum absolute atomic E-state index is 0.0671. The number of rotatable bonds is 4. The van der Waals surface area contributed by atoms with Crippen LogP contribution in [0.2, 0.25) is 0 Å². The molecule has 1 aromatic carbocycles. The molecule has 1 atom stereocenters. The van der Waals surface area contributed by atoms with Crippen LogP contribution in [0.5, 0.6) is 0 Å². The lowest BCUT2D eigenvalue weighted by Crippen LogP contribution is -2.41. The molecule has 0 N–H and O–H groups in total. The Kier molecular flexibility index (Phi) is 4.66. The van der Waals surface area contributed by atoms with Gasteiger partial charge in [0, 0.05) is 19.5 Å². The van der Waals surface area contributed by atoms with E-state index in [1.165, 1.54) is 11.0 Å². The van der Waals surface area contributed by atoms with Gasteiger partial charge in [0.25, 0.3) is 5.24 Å². The van der Waals surface area contributed by atoms with Crippen molar-refractivity contribution >= 4 is 28.8 Å². The smallest absolute Gasteiger partial charge is 0.289 e. The highest BCUT2D eigenvalue weighted by Crippen LogP contribution is 2.26. The molecular weight excluding hydrogens is 319 g/mol. The molecule has 1 unspecified atom stereocenters. The van der Waals surface area contributed by atoms with Crippen molar-refractivity contribution in [2.45, 2.75) is 25.3 Å². The summed E-state index contributed by atoms with van der Waals surface area (Å²) in [5.74, 6) is -0.352. The van der Waals surface area contributed by atoms with E-state index in [-0.39, 0.29) is 41.1 Å². The lowest BCUT2D eigenvalue weighted by molar-refractivity contribution is -0.131. The van der Waals surface area contributed by atoms with E-state index in [1.54, 1.807) is 23.1 Å². The highest BCUT2D eigenvalue weighted by molar-refractivity contribution is 8.14. The molecule has 2 heterocycles. The molecule has 0 aliphatic carbocycles. The summed E-state index contributed by atoms with van der Waals surface area (Å²) in [6.45, 7) is 0.913. The molecule has 2 aliphatic rings. The van der Waals surface area contributed by atoms with Gasteiger partial charge < -0.3 is 4.90 Å².